The molecule has 2 aromatic rings. The van der Waals surface area contributed by atoms with Crippen LogP contribution in [0.2, 0.25) is 5.02 Å². The van der Waals surface area contributed by atoms with Crippen LogP contribution < -0.4 is 5.32 Å². The van der Waals surface area contributed by atoms with Crippen molar-refractivity contribution in [1.29, 1.82) is 0 Å². The third-order valence-electron chi connectivity index (χ3n) is 2.52. The average Bonchev–Trinajstić information content (AvgIpc) is 2.76. The smallest absolute Gasteiger partial charge is 0.159 e. The summed E-state index contributed by atoms with van der Waals surface area (Å²) in [6.45, 7) is 4.77. The second-order valence-corrected chi connectivity index (χ2v) is 4.33. The van der Waals surface area contributed by atoms with E-state index in [1.54, 1.807) is 24.0 Å². The van der Waals surface area contributed by atoms with Crippen molar-refractivity contribution >= 4 is 17.4 Å². The number of halogens is 1. The molecule has 7 heteroatoms. The van der Waals surface area contributed by atoms with E-state index in [2.05, 4.69) is 20.4 Å². The minimum Gasteiger partial charge on any atom is -0.374 e. The lowest BCUT2D eigenvalue weighted by Crippen LogP contribution is -2.07. The van der Waals surface area contributed by atoms with Crippen LogP contribution in [0.5, 0.6) is 0 Å². The van der Waals surface area contributed by atoms with Gasteiger partial charge in [-0.3, -0.25) is 0 Å². The van der Waals surface area contributed by atoms with E-state index in [0.717, 1.165) is 5.69 Å². The Labute approximate surface area is 116 Å². The summed E-state index contributed by atoms with van der Waals surface area (Å²) in [7, 11) is 1.80. The first-order valence-corrected chi connectivity index (χ1v) is 6.37. The van der Waals surface area contributed by atoms with Crippen LogP contribution >= 0.6 is 11.6 Å². The van der Waals surface area contributed by atoms with Gasteiger partial charge < -0.3 is 10.1 Å². The number of hydrogen-bond acceptors (Lipinski definition) is 5. The van der Waals surface area contributed by atoms with Crippen LogP contribution in [0.15, 0.2) is 12.3 Å². The molecule has 2 rings (SSSR count). The molecule has 6 nitrogen and oxygen atoms in total. The van der Waals surface area contributed by atoms with Gasteiger partial charge in [0.25, 0.3) is 0 Å². The van der Waals surface area contributed by atoms with E-state index in [1.165, 1.54) is 0 Å². The summed E-state index contributed by atoms with van der Waals surface area (Å²) in [6, 6.07) is 1.80. The molecule has 0 atom stereocenters. The Hall–Kier alpha value is -1.66. The molecule has 0 aliphatic heterocycles. The summed E-state index contributed by atoms with van der Waals surface area (Å²) in [5.41, 5.74) is 0.762. The molecule has 0 aromatic carbocycles. The highest BCUT2D eigenvalue weighted by molar-refractivity contribution is 6.31. The standard InChI is InChI=1S/C12H16ClN5O/c1-4-19-7-11-15-10(14-3)5-12(16-11)18-6-9(13)8(2)17-18/h5-6H,4,7H2,1-3H3,(H,14,15,16). The van der Waals surface area contributed by atoms with E-state index in [1.807, 2.05) is 13.8 Å². The molecule has 0 saturated carbocycles. The summed E-state index contributed by atoms with van der Waals surface area (Å²) in [5.74, 6) is 1.97. The number of anilines is 1. The van der Waals surface area contributed by atoms with Crippen molar-refractivity contribution in [2.75, 3.05) is 19.0 Å². The van der Waals surface area contributed by atoms with E-state index < -0.39 is 0 Å². The van der Waals surface area contributed by atoms with Gasteiger partial charge in [-0.05, 0) is 13.8 Å². The van der Waals surface area contributed by atoms with Crippen LogP contribution in [-0.4, -0.2) is 33.4 Å². The molecule has 102 valence electrons. The lowest BCUT2D eigenvalue weighted by atomic mass is 10.5. The number of rotatable bonds is 5. The number of nitrogens with one attached hydrogen (secondary N) is 1. The molecule has 0 radical (unpaired) electrons. The minimum atomic E-state index is 0.368. The van der Waals surface area contributed by atoms with E-state index in [4.69, 9.17) is 16.3 Å². The molecule has 0 saturated heterocycles. The van der Waals surface area contributed by atoms with Gasteiger partial charge in [0.05, 0.1) is 16.9 Å². The molecule has 0 fully saturated rings. The normalized spacial score (nSPS) is 10.7. The first-order valence-electron chi connectivity index (χ1n) is 5.99. The topological polar surface area (TPSA) is 64.9 Å². The number of nitrogens with zero attached hydrogens (tertiary/aromatic N) is 4. The zero-order valence-electron chi connectivity index (χ0n) is 11.1. The summed E-state index contributed by atoms with van der Waals surface area (Å²) in [4.78, 5) is 8.73. The van der Waals surface area contributed by atoms with Gasteiger partial charge >= 0.3 is 0 Å². The fourth-order valence-corrected chi connectivity index (χ4v) is 1.67. The van der Waals surface area contributed by atoms with E-state index in [-0.39, 0.29) is 0 Å². The molecule has 0 spiro atoms. The largest absolute Gasteiger partial charge is 0.374 e. The Kier molecular flexibility index (Phi) is 4.34. The SMILES string of the molecule is CCOCc1nc(NC)cc(-n2cc(Cl)c(C)n2)n1. The number of hydrogen-bond donors (Lipinski definition) is 1. The molecule has 1 N–H and O–H groups in total. The van der Waals surface area contributed by atoms with Crippen LogP contribution in [0.4, 0.5) is 5.82 Å². The van der Waals surface area contributed by atoms with Gasteiger partial charge in [-0.15, -0.1) is 0 Å². The van der Waals surface area contributed by atoms with Gasteiger partial charge in [-0.25, -0.2) is 14.6 Å². The second kappa shape index (κ2) is 5.99. The highest BCUT2D eigenvalue weighted by Gasteiger charge is 2.09. The summed E-state index contributed by atoms with van der Waals surface area (Å²) in [5, 5.41) is 7.91. The predicted octanol–water partition coefficient (Wildman–Crippen LogP) is 2.20. The van der Waals surface area contributed by atoms with Crippen LogP contribution in [0.1, 0.15) is 18.4 Å². The van der Waals surface area contributed by atoms with Gasteiger partial charge in [-0.2, -0.15) is 5.10 Å². The minimum absolute atomic E-state index is 0.368. The predicted molar refractivity (Wildman–Crippen MR) is 73.8 cm³/mol. The van der Waals surface area contributed by atoms with Crippen LogP contribution in [0.3, 0.4) is 0 Å². The highest BCUT2D eigenvalue weighted by atomic mass is 35.5. The van der Waals surface area contributed by atoms with Gasteiger partial charge in [0, 0.05) is 19.7 Å². The summed E-state index contributed by atoms with van der Waals surface area (Å²) in [6.07, 6.45) is 1.73. The first-order chi connectivity index (χ1) is 9.13. The maximum Gasteiger partial charge on any atom is 0.159 e. The lowest BCUT2D eigenvalue weighted by Gasteiger charge is -2.07. The van der Waals surface area contributed by atoms with Gasteiger partial charge in [0.15, 0.2) is 11.6 Å². The van der Waals surface area contributed by atoms with Crippen molar-refractivity contribution in [1.82, 2.24) is 19.7 Å². The van der Waals surface area contributed by atoms with E-state index >= 15 is 0 Å². The molecular weight excluding hydrogens is 266 g/mol. The molecule has 0 bridgehead atoms. The van der Waals surface area contributed by atoms with Crippen molar-refractivity contribution in [3.05, 3.63) is 28.8 Å². The Morgan fingerprint density at radius 2 is 2.21 bits per heavy atom. The number of ether oxygens (including phenoxy) is 1. The molecule has 0 aliphatic carbocycles. The van der Waals surface area contributed by atoms with Crippen molar-refractivity contribution < 1.29 is 4.74 Å². The maximum atomic E-state index is 6.01. The van der Waals surface area contributed by atoms with Crippen molar-refractivity contribution in [3.63, 3.8) is 0 Å². The van der Waals surface area contributed by atoms with E-state index in [9.17, 15) is 0 Å². The Balaban J connectivity index is 2.38. The molecular formula is C12H16ClN5O. The highest BCUT2D eigenvalue weighted by Crippen LogP contribution is 2.17. The van der Waals surface area contributed by atoms with Crippen LogP contribution in [0, 0.1) is 6.92 Å². The summed E-state index contributed by atoms with van der Waals surface area (Å²) < 4.78 is 6.96. The molecule has 0 amide bonds. The first kappa shape index (κ1) is 13.8. The zero-order valence-corrected chi connectivity index (χ0v) is 11.9. The van der Waals surface area contributed by atoms with Gasteiger partial charge in [0.1, 0.15) is 12.4 Å². The summed E-state index contributed by atoms with van der Waals surface area (Å²) >= 11 is 6.01. The Morgan fingerprint density at radius 1 is 1.42 bits per heavy atom. The molecule has 2 aromatic heterocycles. The third-order valence-corrected chi connectivity index (χ3v) is 2.90. The number of aryl methyl sites for hydroxylation is 1. The zero-order chi connectivity index (χ0) is 13.8. The van der Waals surface area contributed by atoms with Crippen LogP contribution in [0.25, 0.3) is 5.82 Å². The molecule has 19 heavy (non-hydrogen) atoms. The van der Waals surface area contributed by atoms with Crippen LogP contribution in [-0.2, 0) is 11.3 Å². The monoisotopic (exact) mass is 281 g/mol. The average molecular weight is 282 g/mol. The molecule has 0 aliphatic rings. The molecule has 2 heterocycles. The van der Waals surface area contributed by atoms with E-state index in [0.29, 0.717) is 35.7 Å². The fourth-order valence-electron chi connectivity index (χ4n) is 1.54. The van der Waals surface area contributed by atoms with Crippen molar-refractivity contribution in [2.45, 2.75) is 20.5 Å². The van der Waals surface area contributed by atoms with Crippen molar-refractivity contribution in [3.8, 4) is 5.82 Å². The quantitative estimate of drug-likeness (QED) is 0.910. The Bertz CT molecular complexity index is 550. The third kappa shape index (κ3) is 3.21. The van der Waals surface area contributed by atoms with Gasteiger partial charge in [-0.1, -0.05) is 11.6 Å². The molecule has 0 unspecified atom stereocenters. The number of aromatic nitrogens is 4. The fraction of sp³-hybridized carbons (Fsp3) is 0.417. The lowest BCUT2D eigenvalue weighted by molar-refractivity contribution is 0.128. The maximum absolute atomic E-state index is 6.01. The second-order valence-electron chi connectivity index (χ2n) is 3.92. The van der Waals surface area contributed by atoms with Crippen molar-refractivity contribution in [2.24, 2.45) is 0 Å². The Morgan fingerprint density at radius 3 is 2.79 bits per heavy atom. The van der Waals surface area contributed by atoms with Gasteiger partial charge in [0.2, 0.25) is 0 Å².